The Bertz CT molecular complexity index is 692. The van der Waals surface area contributed by atoms with Crippen molar-refractivity contribution in [2.24, 2.45) is 5.73 Å². The zero-order chi connectivity index (χ0) is 14.5. The Kier molecular flexibility index (Phi) is 3.96. The van der Waals surface area contributed by atoms with Crippen molar-refractivity contribution in [3.05, 3.63) is 65.0 Å². The predicted molar refractivity (Wildman–Crippen MR) is 73.4 cm³/mol. The van der Waals surface area contributed by atoms with Gasteiger partial charge in [0.05, 0.1) is 5.56 Å². The highest BCUT2D eigenvalue weighted by Gasteiger charge is 2.04. The van der Waals surface area contributed by atoms with Gasteiger partial charge in [0.2, 0.25) is 5.91 Å². The average Bonchev–Trinajstić information content (AvgIpc) is 2.46. The van der Waals surface area contributed by atoms with Gasteiger partial charge in [0, 0.05) is 17.8 Å². The third kappa shape index (κ3) is 3.12. The van der Waals surface area contributed by atoms with Crippen molar-refractivity contribution in [2.75, 3.05) is 5.32 Å². The summed E-state index contributed by atoms with van der Waals surface area (Å²) in [6, 6.07) is 12.9. The molecule has 1 amide bonds. The number of carbonyl (C=O) groups is 1. The summed E-state index contributed by atoms with van der Waals surface area (Å²) in [5.74, 6) is -1.03. The van der Waals surface area contributed by atoms with Crippen LogP contribution in [0.3, 0.4) is 0 Å². The summed E-state index contributed by atoms with van der Waals surface area (Å²) in [6.07, 6.45) is 0. The first-order chi connectivity index (χ1) is 9.60. The van der Waals surface area contributed by atoms with Gasteiger partial charge in [-0.15, -0.1) is 0 Å². The van der Waals surface area contributed by atoms with E-state index in [4.69, 9.17) is 11.0 Å². The van der Waals surface area contributed by atoms with Crippen molar-refractivity contribution in [2.45, 2.75) is 6.54 Å². The molecule has 0 aliphatic heterocycles. The predicted octanol–water partition coefficient (Wildman–Crippen LogP) is 2.41. The second-order valence-corrected chi connectivity index (χ2v) is 4.22. The van der Waals surface area contributed by atoms with Gasteiger partial charge >= 0.3 is 0 Å². The number of carbonyl (C=O) groups excluding carboxylic acids is 1. The summed E-state index contributed by atoms with van der Waals surface area (Å²) in [7, 11) is 0. The normalized spacial score (nSPS) is 9.80. The Hall–Kier alpha value is -2.87. The van der Waals surface area contributed by atoms with E-state index in [9.17, 15) is 9.18 Å². The van der Waals surface area contributed by atoms with Gasteiger partial charge in [-0.25, -0.2) is 4.39 Å². The lowest BCUT2D eigenvalue weighted by Crippen LogP contribution is -2.11. The number of hydrogen-bond acceptors (Lipinski definition) is 3. The molecule has 5 heteroatoms. The molecule has 100 valence electrons. The van der Waals surface area contributed by atoms with Gasteiger partial charge in [-0.2, -0.15) is 5.26 Å². The molecule has 2 aromatic rings. The maximum absolute atomic E-state index is 13.2. The molecule has 0 atom stereocenters. The molecule has 2 aromatic carbocycles. The lowest BCUT2D eigenvalue weighted by Gasteiger charge is -2.08. The maximum atomic E-state index is 13.2. The number of anilines is 1. The molecule has 0 saturated carbocycles. The SMILES string of the molecule is N#Cc1cc(NCc2cccc(C(N)=O)c2)ccc1F. The van der Waals surface area contributed by atoms with E-state index < -0.39 is 11.7 Å². The Morgan fingerprint density at radius 2 is 2.10 bits per heavy atom. The van der Waals surface area contributed by atoms with E-state index in [1.54, 1.807) is 30.3 Å². The van der Waals surface area contributed by atoms with Crippen LogP contribution in [0.4, 0.5) is 10.1 Å². The number of hydrogen-bond donors (Lipinski definition) is 2. The molecule has 0 aliphatic rings. The van der Waals surface area contributed by atoms with E-state index in [1.165, 1.54) is 12.1 Å². The van der Waals surface area contributed by atoms with E-state index in [-0.39, 0.29) is 5.56 Å². The Morgan fingerprint density at radius 3 is 2.80 bits per heavy atom. The first-order valence-electron chi connectivity index (χ1n) is 5.92. The van der Waals surface area contributed by atoms with Crippen LogP contribution in [0, 0.1) is 17.1 Å². The average molecular weight is 269 g/mol. The van der Waals surface area contributed by atoms with Gasteiger partial charge in [0.1, 0.15) is 11.9 Å². The van der Waals surface area contributed by atoms with Crippen LogP contribution in [0.25, 0.3) is 0 Å². The molecule has 2 rings (SSSR count). The molecule has 20 heavy (non-hydrogen) atoms. The number of nitrogens with one attached hydrogen (secondary N) is 1. The van der Waals surface area contributed by atoms with Crippen molar-refractivity contribution in [1.82, 2.24) is 0 Å². The number of nitrogens with two attached hydrogens (primary N) is 1. The Balaban J connectivity index is 2.11. The summed E-state index contributed by atoms with van der Waals surface area (Å²) in [5.41, 5.74) is 7.12. The first kappa shape index (κ1) is 13.6. The van der Waals surface area contributed by atoms with Crippen LogP contribution in [0.5, 0.6) is 0 Å². The van der Waals surface area contributed by atoms with E-state index >= 15 is 0 Å². The monoisotopic (exact) mass is 269 g/mol. The topological polar surface area (TPSA) is 78.9 Å². The van der Waals surface area contributed by atoms with Crippen LogP contribution in [0.15, 0.2) is 42.5 Å². The van der Waals surface area contributed by atoms with Gasteiger partial charge in [-0.1, -0.05) is 12.1 Å². The van der Waals surface area contributed by atoms with Crippen molar-refractivity contribution in [1.29, 1.82) is 5.26 Å². The smallest absolute Gasteiger partial charge is 0.248 e. The largest absolute Gasteiger partial charge is 0.381 e. The van der Waals surface area contributed by atoms with Crippen molar-refractivity contribution >= 4 is 11.6 Å². The highest BCUT2D eigenvalue weighted by molar-refractivity contribution is 5.92. The second-order valence-electron chi connectivity index (χ2n) is 4.22. The summed E-state index contributed by atoms with van der Waals surface area (Å²) in [4.78, 5) is 11.1. The molecule has 0 fully saturated rings. The minimum Gasteiger partial charge on any atom is -0.381 e. The summed E-state index contributed by atoms with van der Waals surface area (Å²) >= 11 is 0. The molecule has 3 N–H and O–H groups in total. The second kappa shape index (κ2) is 5.85. The highest BCUT2D eigenvalue weighted by Crippen LogP contribution is 2.15. The molecule has 0 aromatic heterocycles. The van der Waals surface area contributed by atoms with Gasteiger partial charge in [0.25, 0.3) is 0 Å². The summed E-state index contributed by atoms with van der Waals surface area (Å²) < 4.78 is 13.2. The van der Waals surface area contributed by atoms with E-state index in [0.29, 0.717) is 17.8 Å². The fourth-order valence-electron chi connectivity index (χ4n) is 1.76. The van der Waals surface area contributed by atoms with Crippen molar-refractivity contribution in [3.63, 3.8) is 0 Å². The summed E-state index contributed by atoms with van der Waals surface area (Å²) in [5, 5.41) is 11.8. The molecule has 0 saturated heterocycles. The molecule has 0 radical (unpaired) electrons. The fraction of sp³-hybridized carbons (Fsp3) is 0.0667. The molecule has 0 unspecified atom stereocenters. The summed E-state index contributed by atoms with van der Waals surface area (Å²) in [6.45, 7) is 0.442. The molecular weight excluding hydrogens is 257 g/mol. The van der Waals surface area contributed by atoms with Crippen molar-refractivity contribution < 1.29 is 9.18 Å². The van der Waals surface area contributed by atoms with E-state index in [0.717, 1.165) is 5.56 Å². The van der Waals surface area contributed by atoms with Crippen LogP contribution in [0.1, 0.15) is 21.5 Å². The van der Waals surface area contributed by atoms with Gasteiger partial charge in [0.15, 0.2) is 0 Å². The number of primary amides is 1. The fourth-order valence-corrected chi connectivity index (χ4v) is 1.76. The number of rotatable bonds is 4. The van der Waals surface area contributed by atoms with Crippen LogP contribution in [-0.4, -0.2) is 5.91 Å². The lowest BCUT2D eigenvalue weighted by molar-refractivity contribution is 0.1000. The van der Waals surface area contributed by atoms with Gasteiger partial charge in [-0.05, 0) is 35.9 Å². The maximum Gasteiger partial charge on any atom is 0.248 e. The van der Waals surface area contributed by atoms with Gasteiger partial charge < -0.3 is 11.1 Å². The molecule has 0 spiro atoms. The minimum atomic E-state index is -0.547. The number of amides is 1. The molecule has 4 nitrogen and oxygen atoms in total. The van der Waals surface area contributed by atoms with E-state index in [1.807, 2.05) is 6.07 Å². The zero-order valence-electron chi connectivity index (χ0n) is 10.6. The highest BCUT2D eigenvalue weighted by atomic mass is 19.1. The Morgan fingerprint density at radius 1 is 1.30 bits per heavy atom. The lowest BCUT2D eigenvalue weighted by atomic mass is 10.1. The quantitative estimate of drug-likeness (QED) is 0.894. The number of halogens is 1. The van der Waals surface area contributed by atoms with Crippen LogP contribution >= 0.6 is 0 Å². The third-order valence-corrected chi connectivity index (χ3v) is 2.79. The Labute approximate surface area is 115 Å². The molecule has 0 bridgehead atoms. The zero-order valence-corrected chi connectivity index (χ0v) is 10.6. The number of nitrogens with zero attached hydrogens (tertiary/aromatic N) is 1. The molecular formula is C15H12FN3O. The van der Waals surface area contributed by atoms with Crippen LogP contribution in [-0.2, 0) is 6.54 Å². The third-order valence-electron chi connectivity index (χ3n) is 2.79. The van der Waals surface area contributed by atoms with Crippen LogP contribution in [0.2, 0.25) is 0 Å². The molecule has 0 heterocycles. The van der Waals surface area contributed by atoms with Crippen LogP contribution < -0.4 is 11.1 Å². The van der Waals surface area contributed by atoms with Crippen molar-refractivity contribution in [3.8, 4) is 6.07 Å². The number of benzene rings is 2. The molecule has 0 aliphatic carbocycles. The standard InChI is InChI=1S/C15H12FN3O/c16-14-5-4-13(7-12(14)8-17)19-9-10-2-1-3-11(6-10)15(18)20/h1-7,19H,9H2,(H2,18,20). The minimum absolute atomic E-state index is 0.0131. The van der Waals surface area contributed by atoms with Gasteiger partial charge in [-0.3, -0.25) is 4.79 Å². The first-order valence-corrected chi connectivity index (χ1v) is 5.92. The van der Waals surface area contributed by atoms with E-state index in [2.05, 4.69) is 5.32 Å². The number of nitriles is 1.